The van der Waals surface area contributed by atoms with E-state index in [4.69, 9.17) is 4.98 Å². The minimum absolute atomic E-state index is 0.158. The summed E-state index contributed by atoms with van der Waals surface area (Å²) >= 11 is 0. The molecule has 0 aliphatic heterocycles. The van der Waals surface area contributed by atoms with E-state index in [-0.39, 0.29) is 11.9 Å². The molecule has 1 amide bonds. The summed E-state index contributed by atoms with van der Waals surface area (Å²) in [6.45, 7) is 13.3. The summed E-state index contributed by atoms with van der Waals surface area (Å²) in [5.74, 6) is 2.17. The number of fused-ring (bicyclic) bond motifs is 1. The van der Waals surface area contributed by atoms with Gasteiger partial charge in [0.2, 0.25) is 5.95 Å². The maximum atomic E-state index is 12.6. The monoisotopic (exact) mass is 528 g/mol. The molecule has 0 unspecified atom stereocenters. The van der Waals surface area contributed by atoms with E-state index in [1.807, 2.05) is 24.3 Å². The van der Waals surface area contributed by atoms with Crippen molar-refractivity contribution in [3.05, 3.63) is 59.7 Å². The topological polar surface area (TPSA) is 105 Å². The Balaban J connectivity index is 1.44. The zero-order valence-electron chi connectivity index (χ0n) is 23.7. The van der Waals surface area contributed by atoms with Gasteiger partial charge in [0, 0.05) is 24.7 Å². The number of rotatable bonds is 8. The van der Waals surface area contributed by atoms with Crippen LogP contribution in [0, 0.1) is 17.3 Å². The molecule has 0 radical (unpaired) electrons. The van der Waals surface area contributed by atoms with E-state index in [1.165, 1.54) is 18.4 Å². The summed E-state index contributed by atoms with van der Waals surface area (Å²) in [6.07, 6.45) is 4.75. The fraction of sp³-hybridized carbons (Fsp3) is 0.500. The molecule has 206 valence electrons. The van der Waals surface area contributed by atoms with Gasteiger partial charge in [-0.1, -0.05) is 64.0 Å². The molecule has 1 fully saturated rings. The van der Waals surface area contributed by atoms with E-state index >= 15 is 0 Å². The van der Waals surface area contributed by atoms with Crippen LogP contribution in [0.15, 0.2) is 48.5 Å². The highest BCUT2D eigenvalue weighted by atomic mass is 16.1. The minimum atomic E-state index is -0.265. The number of H-pyrrole nitrogens is 1. The quantitative estimate of drug-likeness (QED) is 0.288. The Kier molecular flexibility index (Phi) is 7.68. The standard InChI is InChI=1S/C30H40N8O/c1-20(2)18-38-26-9-7-6-8-25(26)31-29(38)37(24-16-14-23(15-17-24)30(3,4)5)19-21-10-12-22(13-11-21)27(39)32-28-33-35-36-34-28/h6-13,20,23-24H,14-19H2,1-5H3,(H2,32,33,34,35,36,39). The number of para-hydroxylation sites is 2. The van der Waals surface area contributed by atoms with E-state index in [0.29, 0.717) is 22.9 Å². The lowest BCUT2D eigenvalue weighted by molar-refractivity contribution is 0.102. The largest absolute Gasteiger partial charge is 0.335 e. The van der Waals surface area contributed by atoms with Crippen molar-refractivity contribution in [2.24, 2.45) is 17.3 Å². The Morgan fingerprint density at radius 1 is 1.08 bits per heavy atom. The Hall–Kier alpha value is -3.75. The van der Waals surface area contributed by atoms with Crippen LogP contribution in [0.1, 0.15) is 76.2 Å². The third-order valence-electron chi connectivity index (χ3n) is 7.94. The lowest BCUT2D eigenvalue weighted by atomic mass is 9.71. The van der Waals surface area contributed by atoms with Crippen LogP contribution in [0.5, 0.6) is 0 Å². The molecule has 2 heterocycles. The number of carbonyl (C=O) groups excluding carboxylic acids is 1. The summed E-state index contributed by atoms with van der Waals surface area (Å²) in [5.41, 5.74) is 4.25. The van der Waals surface area contributed by atoms with Crippen LogP contribution in [0.2, 0.25) is 0 Å². The zero-order chi connectivity index (χ0) is 27.6. The second kappa shape index (κ2) is 11.2. The second-order valence-electron chi connectivity index (χ2n) is 12.3. The SMILES string of the molecule is CC(C)Cn1c(N(Cc2ccc(C(=O)Nc3nn[nH]n3)cc2)C2CCC(C(C)(C)C)CC2)nc2ccccc21. The third kappa shape index (κ3) is 6.13. The molecule has 0 saturated heterocycles. The molecule has 1 saturated carbocycles. The van der Waals surface area contributed by atoms with E-state index in [1.54, 1.807) is 0 Å². The first-order valence-corrected chi connectivity index (χ1v) is 14.0. The van der Waals surface area contributed by atoms with Gasteiger partial charge in [-0.05, 0) is 78.0 Å². The number of nitrogens with one attached hydrogen (secondary N) is 2. The van der Waals surface area contributed by atoms with Crippen LogP contribution in [0.3, 0.4) is 0 Å². The maximum Gasteiger partial charge on any atom is 0.270 e. The molecule has 1 aliphatic carbocycles. The molecule has 5 rings (SSSR count). The van der Waals surface area contributed by atoms with Gasteiger partial charge in [0.15, 0.2) is 0 Å². The van der Waals surface area contributed by atoms with Crippen molar-refractivity contribution in [2.75, 3.05) is 10.2 Å². The minimum Gasteiger partial charge on any atom is -0.335 e. The molecule has 0 spiro atoms. The van der Waals surface area contributed by atoms with Crippen molar-refractivity contribution in [3.63, 3.8) is 0 Å². The van der Waals surface area contributed by atoms with Crippen molar-refractivity contribution in [2.45, 2.75) is 79.4 Å². The fourth-order valence-electron chi connectivity index (χ4n) is 5.79. The van der Waals surface area contributed by atoms with Crippen molar-refractivity contribution in [1.82, 2.24) is 30.2 Å². The molecule has 39 heavy (non-hydrogen) atoms. The first-order chi connectivity index (χ1) is 18.7. The van der Waals surface area contributed by atoms with Gasteiger partial charge < -0.3 is 9.47 Å². The Morgan fingerprint density at radius 2 is 1.79 bits per heavy atom. The number of nitrogens with zero attached hydrogens (tertiary/aromatic N) is 6. The molecule has 1 aliphatic rings. The van der Waals surface area contributed by atoms with Crippen molar-refractivity contribution >= 4 is 28.8 Å². The number of hydrogen-bond acceptors (Lipinski definition) is 6. The fourth-order valence-corrected chi connectivity index (χ4v) is 5.79. The van der Waals surface area contributed by atoms with E-state index < -0.39 is 0 Å². The third-order valence-corrected chi connectivity index (χ3v) is 7.94. The molecule has 0 bridgehead atoms. The van der Waals surface area contributed by atoms with Gasteiger partial charge in [-0.2, -0.15) is 5.21 Å². The summed E-state index contributed by atoms with van der Waals surface area (Å²) in [6, 6.07) is 16.7. The predicted molar refractivity (Wildman–Crippen MR) is 155 cm³/mol. The van der Waals surface area contributed by atoms with Crippen molar-refractivity contribution in [3.8, 4) is 0 Å². The number of benzene rings is 2. The van der Waals surface area contributed by atoms with E-state index in [2.05, 4.69) is 94.3 Å². The van der Waals surface area contributed by atoms with Crippen LogP contribution < -0.4 is 10.2 Å². The van der Waals surface area contributed by atoms with Gasteiger partial charge in [0.05, 0.1) is 11.0 Å². The lowest BCUT2D eigenvalue weighted by Crippen LogP contribution is -2.41. The van der Waals surface area contributed by atoms with Gasteiger partial charge >= 0.3 is 0 Å². The van der Waals surface area contributed by atoms with Gasteiger partial charge in [-0.3, -0.25) is 10.1 Å². The van der Waals surface area contributed by atoms with Crippen LogP contribution in [-0.2, 0) is 13.1 Å². The Morgan fingerprint density at radius 3 is 2.44 bits per heavy atom. The van der Waals surface area contributed by atoms with E-state index in [9.17, 15) is 4.79 Å². The van der Waals surface area contributed by atoms with E-state index in [0.717, 1.165) is 48.9 Å². The number of aromatic nitrogens is 6. The highest BCUT2D eigenvalue weighted by Gasteiger charge is 2.34. The number of hydrogen-bond donors (Lipinski definition) is 2. The summed E-state index contributed by atoms with van der Waals surface area (Å²) < 4.78 is 2.41. The van der Waals surface area contributed by atoms with Crippen LogP contribution in [0.25, 0.3) is 11.0 Å². The van der Waals surface area contributed by atoms with Crippen LogP contribution in [0.4, 0.5) is 11.9 Å². The molecule has 2 aromatic carbocycles. The first-order valence-electron chi connectivity index (χ1n) is 14.0. The number of imidazole rings is 1. The normalized spacial score (nSPS) is 18.0. The summed E-state index contributed by atoms with van der Waals surface area (Å²) in [5, 5.41) is 16.1. The van der Waals surface area contributed by atoms with Gasteiger partial charge in [-0.25, -0.2) is 4.98 Å². The number of amides is 1. The number of anilines is 2. The van der Waals surface area contributed by atoms with Gasteiger partial charge in [0.1, 0.15) is 0 Å². The molecule has 4 aromatic rings. The maximum absolute atomic E-state index is 12.6. The average Bonchev–Trinajstić information content (AvgIpc) is 3.55. The predicted octanol–water partition coefficient (Wildman–Crippen LogP) is 6.07. The number of carbonyl (C=O) groups is 1. The molecular weight excluding hydrogens is 488 g/mol. The van der Waals surface area contributed by atoms with Crippen LogP contribution in [-0.4, -0.2) is 42.1 Å². The summed E-state index contributed by atoms with van der Waals surface area (Å²) in [7, 11) is 0. The number of aromatic amines is 1. The zero-order valence-corrected chi connectivity index (χ0v) is 23.7. The van der Waals surface area contributed by atoms with Gasteiger partial charge in [0.25, 0.3) is 11.9 Å². The smallest absolute Gasteiger partial charge is 0.270 e. The van der Waals surface area contributed by atoms with Crippen molar-refractivity contribution in [1.29, 1.82) is 0 Å². The summed E-state index contributed by atoms with van der Waals surface area (Å²) in [4.78, 5) is 20.3. The lowest BCUT2D eigenvalue weighted by Gasteiger charge is -2.41. The highest BCUT2D eigenvalue weighted by Crippen LogP contribution is 2.40. The molecule has 0 atom stereocenters. The van der Waals surface area contributed by atoms with Gasteiger partial charge in [-0.15, -0.1) is 5.10 Å². The number of tetrazole rings is 1. The van der Waals surface area contributed by atoms with Crippen molar-refractivity contribution < 1.29 is 4.79 Å². The molecule has 2 N–H and O–H groups in total. The Bertz CT molecular complexity index is 1380. The first kappa shape index (κ1) is 26.8. The molecule has 2 aromatic heterocycles. The van der Waals surface area contributed by atoms with Crippen LogP contribution >= 0.6 is 0 Å². The molecular formula is C30H40N8O. The second-order valence-corrected chi connectivity index (χ2v) is 12.3. The molecule has 9 heteroatoms. The molecule has 9 nitrogen and oxygen atoms in total. The average molecular weight is 529 g/mol. The Labute approximate surface area is 230 Å². The highest BCUT2D eigenvalue weighted by molar-refractivity contribution is 6.03.